The molecule has 0 saturated carbocycles. The summed E-state index contributed by atoms with van der Waals surface area (Å²) < 4.78 is 10.4. The molecule has 0 saturated heterocycles. The van der Waals surface area contributed by atoms with E-state index in [4.69, 9.17) is 9.47 Å². The summed E-state index contributed by atoms with van der Waals surface area (Å²) in [4.78, 5) is 11.1. The molecule has 0 aliphatic rings. The summed E-state index contributed by atoms with van der Waals surface area (Å²) in [6, 6.07) is 10.0. The Morgan fingerprint density at radius 1 is 1.33 bits per heavy atom. The third-order valence-electron chi connectivity index (χ3n) is 2.34. The van der Waals surface area contributed by atoms with Crippen molar-refractivity contribution in [3.05, 3.63) is 48.0 Å². The molecule has 18 heavy (non-hydrogen) atoms. The first-order valence-electron chi connectivity index (χ1n) is 6.19. The van der Waals surface area contributed by atoms with Crippen LogP contribution in [0.25, 0.3) is 0 Å². The summed E-state index contributed by atoms with van der Waals surface area (Å²) in [5, 5.41) is 0. The lowest BCUT2D eigenvalue weighted by Crippen LogP contribution is -2.05. The van der Waals surface area contributed by atoms with Gasteiger partial charge in [0, 0.05) is 6.08 Å². The molecule has 0 N–H and O–H groups in total. The highest BCUT2D eigenvalue weighted by molar-refractivity contribution is 5.81. The second kappa shape index (κ2) is 8.48. The van der Waals surface area contributed by atoms with E-state index in [0.717, 1.165) is 5.56 Å². The van der Waals surface area contributed by atoms with E-state index in [-0.39, 0.29) is 11.9 Å². The van der Waals surface area contributed by atoms with E-state index in [2.05, 4.69) is 0 Å². The van der Waals surface area contributed by atoms with Gasteiger partial charge in [0.1, 0.15) is 0 Å². The molecule has 0 radical (unpaired) electrons. The second-order valence-electron chi connectivity index (χ2n) is 4.09. The Hall–Kier alpha value is -1.61. The van der Waals surface area contributed by atoms with Crippen LogP contribution < -0.4 is 0 Å². The predicted octanol–water partition coefficient (Wildman–Crippen LogP) is 2.96. The summed E-state index contributed by atoms with van der Waals surface area (Å²) in [5.41, 5.74) is 1.15. The molecular formula is C15H20O3. The fraction of sp³-hybridized carbons (Fsp3) is 0.400. The molecule has 3 nitrogen and oxygen atoms in total. The molecule has 1 rings (SSSR count). The van der Waals surface area contributed by atoms with E-state index >= 15 is 0 Å². The third-order valence-corrected chi connectivity index (χ3v) is 2.34. The summed E-state index contributed by atoms with van der Waals surface area (Å²) in [7, 11) is 0. The van der Waals surface area contributed by atoms with Gasteiger partial charge in [-0.3, -0.25) is 0 Å². The van der Waals surface area contributed by atoms with Gasteiger partial charge in [0.15, 0.2) is 0 Å². The molecule has 0 amide bonds. The molecule has 1 aromatic carbocycles. The number of rotatable bonds is 7. The number of esters is 1. The lowest BCUT2D eigenvalue weighted by Gasteiger charge is -2.07. The van der Waals surface area contributed by atoms with Gasteiger partial charge in [-0.2, -0.15) is 0 Å². The normalized spacial score (nSPS) is 12.6. The van der Waals surface area contributed by atoms with E-state index in [9.17, 15) is 4.79 Å². The van der Waals surface area contributed by atoms with E-state index in [1.54, 1.807) is 6.92 Å². The van der Waals surface area contributed by atoms with Crippen LogP contribution in [0.2, 0.25) is 0 Å². The standard InChI is InChI=1S/C15H20O3/c1-3-18-15(16)10-9-13(2)11-17-12-14-7-5-4-6-8-14/h4-10,13H,3,11-12H2,1-2H3/b10-9+/t13-/m0/s1. The monoisotopic (exact) mass is 248 g/mol. The number of carbonyl (C=O) groups is 1. The van der Waals surface area contributed by atoms with Crippen molar-refractivity contribution in [1.82, 2.24) is 0 Å². The van der Waals surface area contributed by atoms with Gasteiger partial charge < -0.3 is 9.47 Å². The van der Waals surface area contributed by atoms with Crippen molar-refractivity contribution in [1.29, 1.82) is 0 Å². The zero-order valence-corrected chi connectivity index (χ0v) is 11.0. The van der Waals surface area contributed by atoms with Crippen LogP contribution >= 0.6 is 0 Å². The molecule has 3 heteroatoms. The first-order chi connectivity index (χ1) is 8.72. The van der Waals surface area contributed by atoms with Crippen LogP contribution in [-0.2, 0) is 20.9 Å². The summed E-state index contributed by atoms with van der Waals surface area (Å²) in [6.07, 6.45) is 3.27. The SMILES string of the molecule is CCOC(=O)/C=C/[C@H](C)COCc1ccccc1. The van der Waals surface area contributed by atoms with Gasteiger partial charge in [0.05, 0.1) is 19.8 Å². The number of benzene rings is 1. The van der Waals surface area contributed by atoms with Gasteiger partial charge in [-0.25, -0.2) is 4.79 Å². The molecule has 0 bridgehead atoms. The van der Waals surface area contributed by atoms with Gasteiger partial charge in [-0.1, -0.05) is 43.3 Å². The number of carbonyl (C=O) groups excluding carboxylic acids is 1. The zero-order valence-electron chi connectivity index (χ0n) is 11.0. The first-order valence-corrected chi connectivity index (χ1v) is 6.19. The Balaban J connectivity index is 2.21. The maximum absolute atomic E-state index is 11.1. The number of ether oxygens (including phenoxy) is 2. The van der Waals surface area contributed by atoms with Crippen molar-refractivity contribution >= 4 is 5.97 Å². The van der Waals surface area contributed by atoms with Crippen LogP contribution in [0.4, 0.5) is 0 Å². The van der Waals surface area contributed by atoms with E-state index in [1.807, 2.05) is 43.3 Å². The summed E-state index contributed by atoms with van der Waals surface area (Å²) in [5.74, 6) is -0.106. The van der Waals surface area contributed by atoms with Gasteiger partial charge in [-0.05, 0) is 18.4 Å². The molecule has 0 unspecified atom stereocenters. The first kappa shape index (κ1) is 14.5. The Morgan fingerprint density at radius 2 is 2.06 bits per heavy atom. The maximum Gasteiger partial charge on any atom is 0.330 e. The molecule has 0 aliphatic heterocycles. The smallest absolute Gasteiger partial charge is 0.330 e. The van der Waals surface area contributed by atoms with Crippen molar-refractivity contribution in [3.63, 3.8) is 0 Å². The van der Waals surface area contributed by atoms with E-state index in [1.165, 1.54) is 6.08 Å². The van der Waals surface area contributed by atoms with Crippen molar-refractivity contribution in [2.24, 2.45) is 5.92 Å². The molecule has 0 spiro atoms. The molecule has 1 atom stereocenters. The summed E-state index contributed by atoms with van der Waals surface area (Å²) in [6.45, 7) is 5.38. The topological polar surface area (TPSA) is 35.5 Å². The Kier molecular flexibility index (Phi) is 6.81. The lowest BCUT2D eigenvalue weighted by atomic mass is 10.2. The van der Waals surface area contributed by atoms with Crippen molar-refractivity contribution < 1.29 is 14.3 Å². The van der Waals surface area contributed by atoms with Crippen LogP contribution in [0, 0.1) is 5.92 Å². The fourth-order valence-corrected chi connectivity index (χ4v) is 1.43. The lowest BCUT2D eigenvalue weighted by molar-refractivity contribution is -0.137. The number of hydrogen-bond acceptors (Lipinski definition) is 3. The molecular weight excluding hydrogens is 228 g/mol. The highest BCUT2D eigenvalue weighted by Gasteiger charge is 2.00. The highest BCUT2D eigenvalue weighted by atomic mass is 16.5. The van der Waals surface area contributed by atoms with Gasteiger partial charge in [0.25, 0.3) is 0 Å². The molecule has 1 aromatic rings. The Morgan fingerprint density at radius 3 is 2.72 bits per heavy atom. The van der Waals surface area contributed by atoms with Crippen molar-refractivity contribution in [3.8, 4) is 0 Å². The van der Waals surface area contributed by atoms with Crippen LogP contribution in [0.1, 0.15) is 19.4 Å². The Labute approximate surface area is 108 Å². The summed E-state index contributed by atoms with van der Waals surface area (Å²) >= 11 is 0. The minimum atomic E-state index is -0.299. The Bertz CT molecular complexity index is 371. The fourth-order valence-electron chi connectivity index (χ4n) is 1.43. The van der Waals surface area contributed by atoms with Crippen molar-refractivity contribution in [2.45, 2.75) is 20.5 Å². The van der Waals surface area contributed by atoms with Crippen LogP contribution in [0.5, 0.6) is 0 Å². The van der Waals surface area contributed by atoms with E-state index in [0.29, 0.717) is 19.8 Å². The van der Waals surface area contributed by atoms with Crippen LogP contribution in [0.15, 0.2) is 42.5 Å². The minimum absolute atomic E-state index is 0.193. The molecule has 0 aliphatic carbocycles. The average Bonchev–Trinajstić information content (AvgIpc) is 2.38. The molecule has 0 aromatic heterocycles. The van der Waals surface area contributed by atoms with Gasteiger partial charge in [-0.15, -0.1) is 0 Å². The predicted molar refractivity (Wildman–Crippen MR) is 71.0 cm³/mol. The maximum atomic E-state index is 11.1. The minimum Gasteiger partial charge on any atom is -0.463 e. The van der Waals surface area contributed by atoms with Gasteiger partial charge in [0.2, 0.25) is 0 Å². The van der Waals surface area contributed by atoms with Crippen LogP contribution in [-0.4, -0.2) is 19.2 Å². The quantitative estimate of drug-likeness (QED) is 0.549. The highest BCUT2D eigenvalue weighted by Crippen LogP contribution is 2.04. The third kappa shape index (κ3) is 6.21. The second-order valence-corrected chi connectivity index (χ2v) is 4.09. The number of hydrogen-bond donors (Lipinski definition) is 0. The van der Waals surface area contributed by atoms with Crippen molar-refractivity contribution in [2.75, 3.05) is 13.2 Å². The zero-order chi connectivity index (χ0) is 13.2. The van der Waals surface area contributed by atoms with Gasteiger partial charge >= 0.3 is 5.97 Å². The average molecular weight is 248 g/mol. The van der Waals surface area contributed by atoms with E-state index < -0.39 is 0 Å². The molecule has 0 heterocycles. The largest absolute Gasteiger partial charge is 0.463 e. The molecule has 0 fully saturated rings. The van der Waals surface area contributed by atoms with Crippen LogP contribution in [0.3, 0.4) is 0 Å². The molecule has 98 valence electrons.